The Kier molecular flexibility index (Phi) is 4.74. The third kappa shape index (κ3) is 3.93. The second-order valence-corrected chi connectivity index (χ2v) is 5.32. The smallest absolute Gasteiger partial charge is 0.133 e. The molecule has 0 radical (unpaired) electrons. The second kappa shape index (κ2) is 6.53. The minimum absolute atomic E-state index is 0.522. The average Bonchev–Trinajstić information content (AvgIpc) is 2.81. The summed E-state index contributed by atoms with van der Waals surface area (Å²) in [5, 5.41) is 7.47. The van der Waals surface area contributed by atoms with Crippen LogP contribution in [0.1, 0.15) is 36.8 Å². The molecule has 0 aliphatic heterocycles. The van der Waals surface area contributed by atoms with Crippen LogP contribution < -0.4 is 5.32 Å². The van der Waals surface area contributed by atoms with Crippen LogP contribution in [0.4, 0.5) is 0 Å². The highest BCUT2D eigenvalue weighted by atomic mass is 16.5. The minimum atomic E-state index is 0.522. The lowest BCUT2D eigenvalue weighted by molar-refractivity contribution is 0.385. The van der Waals surface area contributed by atoms with Gasteiger partial charge in [0, 0.05) is 19.2 Å². The van der Waals surface area contributed by atoms with Crippen LogP contribution in [0.3, 0.4) is 0 Å². The summed E-state index contributed by atoms with van der Waals surface area (Å²) in [6.07, 6.45) is 0. The zero-order valence-corrected chi connectivity index (χ0v) is 11.9. The molecule has 0 amide bonds. The maximum Gasteiger partial charge on any atom is 0.133 e. The first-order valence-corrected chi connectivity index (χ1v) is 6.84. The highest BCUT2D eigenvalue weighted by Crippen LogP contribution is 2.23. The van der Waals surface area contributed by atoms with E-state index in [4.69, 9.17) is 4.52 Å². The summed E-state index contributed by atoms with van der Waals surface area (Å²) >= 11 is 0. The highest BCUT2D eigenvalue weighted by molar-refractivity contribution is 5.20. The van der Waals surface area contributed by atoms with Gasteiger partial charge >= 0.3 is 0 Å². The zero-order valence-electron chi connectivity index (χ0n) is 11.9. The Balaban J connectivity index is 1.91. The quantitative estimate of drug-likeness (QED) is 0.861. The van der Waals surface area contributed by atoms with Gasteiger partial charge in [0.1, 0.15) is 5.76 Å². The van der Waals surface area contributed by atoms with E-state index in [1.165, 1.54) is 5.56 Å². The van der Waals surface area contributed by atoms with Crippen molar-refractivity contribution in [2.45, 2.75) is 33.2 Å². The van der Waals surface area contributed by atoms with Gasteiger partial charge in [0.05, 0.1) is 5.69 Å². The van der Waals surface area contributed by atoms with Gasteiger partial charge in [-0.3, -0.25) is 0 Å². The van der Waals surface area contributed by atoms with Crippen LogP contribution in [-0.2, 0) is 6.54 Å². The Hall–Kier alpha value is -1.61. The zero-order chi connectivity index (χ0) is 13.7. The number of aromatic nitrogens is 1. The fourth-order valence-corrected chi connectivity index (χ4v) is 2.30. The highest BCUT2D eigenvalue weighted by Gasteiger charge is 2.15. The van der Waals surface area contributed by atoms with E-state index in [-0.39, 0.29) is 0 Å². The van der Waals surface area contributed by atoms with E-state index in [0.29, 0.717) is 11.8 Å². The first-order chi connectivity index (χ1) is 9.16. The molecule has 1 aromatic carbocycles. The van der Waals surface area contributed by atoms with E-state index in [2.05, 4.69) is 54.7 Å². The largest absolute Gasteiger partial charge is 0.361 e. The van der Waals surface area contributed by atoms with E-state index in [1.807, 2.05) is 13.0 Å². The van der Waals surface area contributed by atoms with E-state index in [1.54, 1.807) is 0 Å². The number of rotatable bonds is 6. The minimum Gasteiger partial charge on any atom is -0.361 e. The molecule has 0 saturated heterocycles. The van der Waals surface area contributed by atoms with Gasteiger partial charge in [0.15, 0.2) is 0 Å². The topological polar surface area (TPSA) is 38.1 Å². The maximum absolute atomic E-state index is 5.06. The summed E-state index contributed by atoms with van der Waals surface area (Å²) < 4.78 is 5.06. The molecular weight excluding hydrogens is 236 g/mol. The Bertz CT molecular complexity index is 490. The van der Waals surface area contributed by atoms with Crippen LogP contribution in [0, 0.1) is 12.8 Å². The number of aryl methyl sites for hydroxylation is 1. The third-order valence-corrected chi connectivity index (χ3v) is 3.38. The average molecular weight is 258 g/mol. The molecule has 0 aliphatic carbocycles. The number of nitrogens with zero attached hydrogens (tertiary/aromatic N) is 1. The normalized spacial score (nSPS) is 12.8. The van der Waals surface area contributed by atoms with Gasteiger partial charge in [-0.15, -0.1) is 0 Å². The molecule has 0 saturated carbocycles. The summed E-state index contributed by atoms with van der Waals surface area (Å²) in [7, 11) is 0. The first kappa shape index (κ1) is 13.8. The van der Waals surface area contributed by atoms with Crippen molar-refractivity contribution in [3.8, 4) is 0 Å². The predicted octanol–water partition coefficient (Wildman–Crippen LogP) is 3.51. The van der Waals surface area contributed by atoms with E-state index in [0.717, 1.165) is 24.5 Å². The van der Waals surface area contributed by atoms with Crippen molar-refractivity contribution in [3.63, 3.8) is 0 Å². The van der Waals surface area contributed by atoms with Crippen molar-refractivity contribution in [3.05, 3.63) is 53.4 Å². The van der Waals surface area contributed by atoms with Gasteiger partial charge < -0.3 is 9.84 Å². The van der Waals surface area contributed by atoms with Crippen LogP contribution >= 0.6 is 0 Å². The molecule has 3 heteroatoms. The van der Waals surface area contributed by atoms with Crippen LogP contribution in [0.2, 0.25) is 0 Å². The van der Waals surface area contributed by atoms with Gasteiger partial charge in [0.2, 0.25) is 0 Å². The Morgan fingerprint density at radius 1 is 1.21 bits per heavy atom. The van der Waals surface area contributed by atoms with Gasteiger partial charge in [-0.25, -0.2) is 0 Å². The van der Waals surface area contributed by atoms with Gasteiger partial charge in [-0.2, -0.15) is 0 Å². The molecule has 0 spiro atoms. The molecule has 0 fully saturated rings. The standard InChI is InChI=1S/C16H22N2O/c1-12(2)16(14-7-5-4-6-8-14)11-17-10-15-9-13(3)19-18-15/h4-9,12,16-17H,10-11H2,1-3H3. The summed E-state index contributed by atoms with van der Waals surface area (Å²) in [5.74, 6) is 1.99. The molecule has 0 aliphatic rings. The Morgan fingerprint density at radius 2 is 1.95 bits per heavy atom. The van der Waals surface area contributed by atoms with Crippen molar-refractivity contribution in [1.82, 2.24) is 10.5 Å². The number of hydrogen-bond donors (Lipinski definition) is 1. The molecule has 2 aromatic rings. The van der Waals surface area contributed by atoms with E-state index < -0.39 is 0 Å². The summed E-state index contributed by atoms with van der Waals surface area (Å²) in [4.78, 5) is 0. The van der Waals surface area contributed by atoms with Crippen molar-refractivity contribution in [1.29, 1.82) is 0 Å². The van der Waals surface area contributed by atoms with Gasteiger partial charge in [0.25, 0.3) is 0 Å². The number of hydrogen-bond acceptors (Lipinski definition) is 3. The number of nitrogens with one attached hydrogen (secondary N) is 1. The molecule has 2 rings (SSSR count). The lowest BCUT2D eigenvalue weighted by atomic mass is 9.88. The van der Waals surface area contributed by atoms with Crippen molar-refractivity contribution in [2.75, 3.05) is 6.54 Å². The lowest BCUT2D eigenvalue weighted by Gasteiger charge is -2.21. The summed E-state index contributed by atoms with van der Waals surface area (Å²) in [5.41, 5.74) is 2.36. The van der Waals surface area contributed by atoms with Crippen LogP contribution in [0.25, 0.3) is 0 Å². The fourth-order valence-electron chi connectivity index (χ4n) is 2.30. The molecule has 1 N–H and O–H groups in total. The van der Waals surface area contributed by atoms with Gasteiger partial charge in [-0.1, -0.05) is 49.3 Å². The molecule has 19 heavy (non-hydrogen) atoms. The van der Waals surface area contributed by atoms with E-state index in [9.17, 15) is 0 Å². The van der Waals surface area contributed by atoms with Crippen LogP contribution in [0.5, 0.6) is 0 Å². The van der Waals surface area contributed by atoms with Gasteiger partial charge in [-0.05, 0) is 24.3 Å². The molecule has 1 heterocycles. The monoisotopic (exact) mass is 258 g/mol. The molecule has 0 bridgehead atoms. The Labute approximate surface area is 115 Å². The Morgan fingerprint density at radius 3 is 2.53 bits per heavy atom. The molecule has 1 aromatic heterocycles. The predicted molar refractivity (Wildman–Crippen MR) is 77.0 cm³/mol. The van der Waals surface area contributed by atoms with Crippen molar-refractivity contribution < 1.29 is 4.52 Å². The number of benzene rings is 1. The molecular formula is C16H22N2O. The first-order valence-electron chi connectivity index (χ1n) is 6.84. The maximum atomic E-state index is 5.06. The second-order valence-electron chi connectivity index (χ2n) is 5.32. The van der Waals surface area contributed by atoms with E-state index >= 15 is 0 Å². The lowest BCUT2D eigenvalue weighted by Crippen LogP contribution is -2.24. The third-order valence-electron chi connectivity index (χ3n) is 3.38. The molecule has 3 nitrogen and oxygen atoms in total. The van der Waals surface area contributed by atoms with Crippen LogP contribution in [0.15, 0.2) is 40.9 Å². The van der Waals surface area contributed by atoms with Crippen molar-refractivity contribution in [2.24, 2.45) is 5.92 Å². The van der Waals surface area contributed by atoms with Crippen LogP contribution in [-0.4, -0.2) is 11.7 Å². The molecule has 1 unspecified atom stereocenters. The fraction of sp³-hybridized carbons (Fsp3) is 0.438. The SMILES string of the molecule is Cc1cc(CNCC(c2ccccc2)C(C)C)no1. The molecule has 1 atom stereocenters. The summed E-state index contributed by atoms with van der Waals surface area (Å²) in [6, 6.07) is 12.6. The molecule has 102 valence electrons. The van der Waals surface area contributed by atoms with Crippen molar-refractivity contribution >= 4 is 0 Å². The summed E-state index contributed by atoms with van der Waals surface area (Å²) in [6.45, 7) is 8.15.